The zero-order chi connectivity index (χ0) is 19.8. The van der Waals surface area contributed by atoms with E-state index in [2.05, 4.69) is 34.2 Å². The number of carbonyl (C=O) groups excluding carboxylic acids is 2. The lowest BCUT2D eigenvalue weighted by atomic mass is 9.79. The van der Waals surface area contributed by atoms with E-state index >= 15 is 0 Å². The Bertz CT molecular complexity index is 807. The fourth-order valence-electron chi connectivity index (χ4n) is 4.24. The van der Waals surface area contributed by atoms with E-state index in [0.717, 1.165) is 40.4 Å². The number of hydrogen-bond acceptors (Lipinski definition) is 4. The Morgan fingerprint density at radius 1 is 1.33 bits per heavy atom. The van der Waals surface area contributed by atoms with Gasteiger partial charge < -0.3 is 14.8 Å². The number of carbonyl (C=O) groups is 2. The molecule has 0 atom stereocenters. The van der Waals surface area contributed by atoms with Crippen molar-refractivity contribution in [2.24, 2.45) is 0 Å². The average molecular weight is 436 g/mol. The van der Waals surface area contributed by atoms with E-state index in [-0.39, 0.29) is 12.0 Å². The largest absolute Gasteiger partial charge is 0.428 e. The second-order valence-corrected chi connectivity index (χ2v) is 8.26. The molecular formula is C21H26BrNO4. The van der Waals surface area contributed by atoms with Crippen LogP contribution in [0.15, 0.2) is 22.4 Å². The van der Waals surface area contributed by atoms with Crippen molar-refractivity contribution in [3.8, 4) is 0 Å². The highest BCUT2D eigenvalue weighted by molar-refractivity contribution is 9.10. The molecule has 2 aliphatic rings. The molecule has 1 aromatic rings. The van der Waals surface area contributed by atoms with Crippen molar-refractivity contribution >= 4 is 33.4 Å². The first-order valence-electron chi connectivity index (χ1n) is 9.39. The van der Waals surface area contributed by atoms with Crippen molar-refractivity contribution in [3.63, 3.8) is 0 Å². The summed E-state index contributed by atoms with van der Waals surface area (Å²) in [7, 11) is 1.71. The zero-order valence-corrected chi connectivity index (χ0v) is 17.9. The number of rotatable bonds is 4. The Labute approximate surface area is 168 Å². The summed E-state index contributed by atoms with van der Waals surface area (Å²) in [4.78, 5) is 25.0. The van der Waals surface area contributed by atoms with Gasteiger partial charge in [0.2, 0.25) is 0 Å². The minimum atomic E-state index is -0.636. The van der Waals surface area contributed by atoms with Crippen molar-refractivity contribution in [3.05, 3.63) is 39.1 Å². The number of ether oxygens (including phenoxy) is 2. The lowest BCUT2D eigenvalue weighted by Crippen LogP contribution is -2.49. The maximum absolute atomic E-state index is 13.1. The van der Waals surface area contributed by atoms with Gasteiger partial charge in [0.15, 0.2) is 0 Å². The molecule has 0 bridgehead atoms. The topological polar surface area (TPSA) is 64.6 Å². The SMILES string of the molecule is CCc1cc(C)cc(Br)c1C1=C(OC(C)=O)C2(CCC(OC)CC2)NC1=O. The minimum Gasteiger partial charge on any atom is -0.428 e. The van der Waals surface area contributed by atoms with Crippen molar-refractivity contribution in [1.82, 2.24) is 5.32 Å². The first-order valence-corrected chi connectivity index (χ1v) is 10.2. The van der Waals surface area contributed by atoms with Crippen LogP contribution in [0.1, 0.15) is 56.2 Å². The normalized spacial score (nSPS) is 25.1. The summed E-state index contributed by atoms with van der Waals surface area (Å²) in [5, 5.41) is 3.14. The molecule has 0 radical (unpaired) electrons. The fourth-order valence-corrected chi connectivity index (χ4v) is 5.06. The summed E-state index contributed by atoms with van der Waals surface area (Å²) in [5.74, 6) is -0.122. The third-order valence-electron chi connectivity index (χ3n) is 5.55. The molecule has 5 nitrogen and oxygen atoms in total. The molecule has 6 heteroatoms. The predicted molar refractivity (Wildman–Crippen MR) is 107 cm³/mol. The molecule has 146 valence electrons. The second kappa shape index (κ2) is 7.76. The van der Waals surface area contributed by atoms with Crippen LogP contribution in [0.4, 0.5) is 0 Å². The van der Waals surface area contributed by atoms with Gasteiger partial charge in [-0.15, -0.1) is 0 Å². The van der Waals surface area contributed by atoms with Crippen LogP contribution in [0.25, 0.3) is 5.57 Å². The smallest absolute Gasteiger partial charge is 0.307 e. The van der Waals surface area contributed by atoms with Crippen molar-refractivity contribution < 1.29 is 19.1 Å². The van der Waals surface area contributed by atoms with Crippen LogP contribution in [-0.4, -0.2) is 30.6 Å². The summed E-state index contributed by atoms with van der Waals surface area (Å²) in [6, 6.07) is 4.07. The van der Waals surface area contributed by atoms with E-state index in [1.165, 1.54) is 6.92 Å². The van der Waals surface area contributed by atoms with Crippen LogP contribution in [0.2, 0.25) is 0 Å². The van der Waals surface area contributed by atoms with Crippen LogP contribution in [0, 0.1) is 6.92 Å². The van der Waals surface area contributed by atoms with Gasteiger partial charge in [0.25, 0.3) is 5.91 Å². The quantitative estimate of drug-likeness (QED) is 0.724. The molecule has 27 heavy (non-hydrogen) atoms. The lowest BCUT2D eigenvalue weighted by Gasteiger charge is -2.37. The number of aryl methyl sites for hydroxylation is 2. The van der Waals surface area contributed by atoms with Gasteiger partial charge >= 0.3 is 5.97 Å². The first kappa shape index (κ1) is 20.1. The molecule has 1 aliphatic carbocycles. The second-order valence-electron chi connectivity index (χ2n) is 7.40. The van der Waals surface area contributed by atoms with E-state index in [9.17, 15) is 9.59 Å². The highest BCUT2D eigenvalue weighted by atomic mass is 79.9. The molecule has 1 amide bonds. The number of hydrogen-bond donors (Lipinski definition) is 1. The monoisotopic (exact) mass is 435 g/mol. The van der Waals surface area contributed by atoms with Crippen molar-refractivity contribution in [2.75, 3.05) is 7.11 Å². The van der Waals surface area contributed by atoms with Gasteiger partial charge in [0.05, 0.1) is 17.2 Å². The first-order chi connectivity index (χ1) is 12.8. The Kier molecular flexibility index (Phi) is 5.77. The average Bonchev–Trinajstić information content (AvgIpc) is 2.86. The van der Waals surface area contributed by atoms with E-state index in [1.54, 1.807) is 7.11 Å². The van der Waals surface area contributed by atoms with Gasteiger partial charge in [0.1, 0.15) is 5.76 Å². The molecule has 1 spiro atoms. The van der Waals surface area contributed by atoms with Crippen molar-refractivity contribution in [1.29, 1.82) is 0 Å². The summed E-state index contributed by atoms with van der Waals surface area (Å²) in [5.41, 5.74) is 2.83. The van der Waals surface area contributed by atoms with Crippen LogP contribution >= 0.6 is 15.9 Å². The molecule has 0 unspecified atom stereocenters. The molecule has 1 aromatic carbocycles. The summed E-state index contributed by atoms with van der Waals surface area (Å²) >= 11 is 3.63. The van der Waals surface area contributed by atoms with Crippen LogP contribution < -0.4 is 5.32 Å². The number of benzene rings is 1. The Hall–Kier alpha value is -1.66. The number of halogens is 1. The highest BCUT2D eigenvalue weighted by Gasteiger charge is 2.50. The molecular weight excluding hydrogens is 410 g/mol. The summed E-state index contributed by atoms with van der Waals surface area (Å²) in [6.07, 6.45) is 3.95. The van der Waals surface area contributed by atoms with Crippen molar-refractivity contribution in [2.45, 2.75) is 64.5 Å². The van der Waals surface area contributed by atoms with Gasteiger partial charge in [-0.3, -0.25) is 9.59 Å². The Balaban J connectivity index is 2.17. The molecule has 1 saturated carbocycles. The maximum Gasteiger partial charge on any atom is 0.307 e. The maximum atomic E-state index is 13.1. The highest BCUT2D eigenvalue weighted by Crippen LogP contribution is 2.45. The number of amides is 1. The minimum absolute atomic E-state index is 0.174. The van der Waals surface area contributed by atoms with Gasteiger partial charge in [-0.1, -0.05) is 28.9 Å². The number of esters is 1. The molecule has 1 heterocycles. The zero-order valence-electron chi connectivity index (χ0n) is 16.3. The molecule has 1 fully saturated rings. The number of nitrogens with one attached hydrogen (secondary N) is 1. The van der Waals surface area contributed by atoms with E-state index in [4.69, 9.17) is 9.47 Å². The molecule has 0 aromatic heterocycles. The Morgan fingerprint density at radius 3 is 2.56 bits per heavy atom. The fraction of sp³-hybridized carbons (Fsp3) is 0.524. The number of methoxy groups -OCH3 is 1. The summed E-state index contributed by atoms with van der Waals surface area (Å²) in [6.45, 7) is 5.47. The molecule has 0 saturated heterocycles. The van der Waals surface area contributed by atoms with Crippen LogP contribution in [0.3, 0.4) is 0 Å². The van der Waals surface area contributed by atoms with Gasteiger partial charge in [0, 0.05) is 24.1 Å². The lowest BCUT2D eigenvalue weighted by molar-refractivity contribution is -0.138. The van der Waals surface area contributed by atoms with Gasteiger partial charge in [-0.2, -0.15) is 0 Å². The summed E-state index contributed by atoms with van der Waals surface area (Å²) < 4.78 is 12.0. The molecule has 1 N–H and O–H groups in total. The Morgan fingerprint density at radius 2 is 2.00 bits per heavy atom. The van der Waals surface area contributed by atoms with E-state index < -0.39 is 11.5 Å². The third kappa shape index (κ3) is 3.69. The predicted octanol–water partition coefficient (Wildman–Crippen LogP) is 4.05. The van der Waals surface area contributed by atoms with Crippen LogP contribution in [-0.2, 0) is 25.5 Å². The standard InChI is InChI=1S/C21H26BrNO4/c1-5-14-10-12(2)11-16(22)17(14)18-19(27-13(3)24)21(23-20(18)25)8-6-15(26-4)7-9-21/h10-11,15H,5-9H2,1-4H3,(H,23,25). The van der Waals surface area contributed by atoms with Gasteiger partial charge in [-0.05, 0) is 56.2 Å². The molecule has 1 aliphatic heterocycles. The third-order valence-corrected chi connectivity index (χ3v) is 6.18. The van der Waals surface area contributed by atoms with E-state index in [1.807, 2.05) is 13.0 Å². The van der Waals surface area contributed by atoms with E-state index in [0.29, 0.717) is 24.2 Å². The van der Waals surface area contributed by atoms with Crippen LogP contribution in [0.5, 0.6) is 0 Å². The van der Waals surface area contributed by atoms with Gasteiger partial charge in [-0.25, -0.2) is 0 Å². The molecule has 3 rings (SSSR count).